The van der Waals surface area contributed by atoms with Crippen LogP contribution >= 0.6 is 11.6 Å². The number of carbonyl (C=O) groups is 1. The molecule has 1 aromatic rings. The van der Waals surface area contributed by atoms with Gasteiger partial charge in [-0.05, 0) is 38.5 Å². The monoisotopic (exact) mass is 319 g/mol. The van der Waals surface area contributed by atoms with Gasteiger partial charge in [-0.15, -0.1) is 0 Å². The van der Waals surface area contributed by atoms with Gasteiger partial charge >= 0.3 is 5.97 Å². The van der Waals surface area contributed by atoms with Gasteiger partial charge in [0.15, 0.2) is 0 Å². The maximum Gasteiger partial charge on any atom is 0.327 e. The van der Waals surface area contributed by atoms with Crippen molar-refractivity contribution in [1.29, 1.82) is 0 Å². The predicted octanol–water partition coefficient (Wildman–Crippen LogP) is 2.37. The molecule has 0 aliphatic heterocycles. The fourth-order valence-electron chi connectivity index (χ4n) is 1.66. The summed E-state index contributed by atoms with van der Waals surface area (Å²) < 4.78 is 29.8. The van der Waals surface area contributed by atoms with Crippen molar-refractivity contribution >= 4 is 33.3 Å². The van der Waals surface area contributed by atoms with Gasteiger partial charge in [-0.1, -0.05) is 17.7 Å². The lowest BCUT2D eigenvalue weighted by atomic mass is 10.2. The van der Waals surface area contributed by atoms with Crippen molar-refractivity contribution in [2.45, 2.75) is 26.9 Å². The van der Waals surface area contributed by atoms with Crippen LogP contribution in [0.4, 0.5) is 5.69 Å². The van der Waals surface area contributed by atoms with Crippen molar-refractivity contribution in [3.63, 3.8) is 0 Å². The first-order valence-corrected chi connectivity index (χ1v) is 8.28. The van der Waals surface area contributed by atoms with E-state index >= 15 is 0 Å². The molecule has 7 heteroatoms. The molecule has 5 nitrogen and oxygen atoms in total. The van der Waals surface area contributed by atoms with Gasteiger partial charge in [-0.25, -0.2) is 8.42 Å². The maximum atomic E-state index is 11.9. The highest BCUT2D eigenvalue weighted by Crippen LogP contribution is 2.28. The van der Waals surface area contributed by atoms with Gasteiger partial charge in [0.2, 0.25) is 10.0 Å². The molecule has 0 fully saturated rings. The number of carbonyl (C=O) groups excluding carboxylic acids is 1. The van der Waals surface area contributed by atoms with Crippen LogP contribution in [0, 0.1) is 6.92 Å². The number of anilines is 1. The molecule has 0 aromatic heterocycles. The minimum absolute atomic E-state index is 0.302. The minimum atomic E-state index is -3.61. The molecule has 20 heavy (non-hydrogen) atoms. The zero-order valence-corrected chi connectivity index (χ0v) is 13.5. The van der Waals surface area contributed by atoms with E-state index in [0.717, 1.165) is 10.6 Å². The van der Waals surface area contributed by atoms with Gasteiger partial charge in [0.1, 0.15) is 6.54 Å². The number of ether oxygens (including phenoxy) is 1. The Labute approximate surface area is 124 Å². The first kappa shape index (κ1) is 16.8. The van der Waals surface area contributed by atoms with Crippen LogP contribution < -0.4 is 4.31 Å². The van der Waals surface area contributed by atoms with E-state index in [4.69, 9.17) is 16.3 Å². The molecule has 0 aliphatic rings. The van der Waals surface area contributed by atoms with Gasteiger partial charge in [0.25, 0.3) is 0 Å². The van der Waals surface area contributed by atoms with E-state index in [1.54, 1.807) is 39.0 Å². The van der Waals surface area contributed by atoms with Crippen molar-refractivity contribution < 1.29 is 17.9 Å². The lowest BCUT2D eigenvalue weighted by Crippen LogP contribution is -2.37. The van der Waals surface area contributed by atoms with Crippen LogP contribution in [0.5, 0.6) is 0 Å². The van der Waals surface area contributed by atoms with Crippen LogP contribution in [-0.2, 0) is 19.6 Å². The predicted molar refractivity (Wildman–Crippen MR) is 79.6 cm³/mol. The molecule has 0 spiro atoms. The van der Waals surface area contributed by atoms with E-state index in [0.29, 0.717) is 16.3 Å². The van der Waals surface area contributed by atoms with Gasteiger partial charge in [0, 0.05) is 5.02 Å². The molecule has 0 N–H and O–H groups in total. The molecule has 1 aromatic carbocycles. The fourth-order valence-corrected chi connectivity index (χ4v) is 2.73. The number of nitrogens with zero attached hydrogens (tertiary/aromatic N) is 1. The number of hydrogen-bond acceptors (Lipinski definition) is 4. The highest BCUT2D eigenvalue weighted by molar-refractivity contribution is 7.92. The Balaban J connectivity index is 3.15. The Hall–Kier alpha value is -1.27. The number of esters is 1. The van der Waals surface area contributed by atoms with Crippen molar-refractivity contribution in [2.24, 2.45) is 0 Å². The Kier molecular flexibility index (Phi) is 5.42. The summed E-state index contributed by atoms with van der Waals surface area (Å²) in [7, 11) is -3.61. The second-order valence-electron chi connectivity index (χ2n) is 4.69. The fraction of sp³-hybridized carbons (Fsp3) is 0.462. The molecular weight excluding hydrogens is 302 g/mol. The molecule has 0 aliphatic carbocycles. The number of halogens is 1. The summed E-state index contributed by atoms with van der Waals surface area (Å²) in [6, 6.07) is 4.90. The van der Waals surface area contributed by atoms with E-state index in [1.807, 2.05) is 0 Å². The Morgan fingerprint density at radius 2 is 2.00 bits per heavy atom. The molecule has 0 unspecified atom stereocenters. The second-order valence-corrected chi connectivity index (χ2v) is 7.01. The molecule has 0 saturated carbocycles. The minimum Gasteiger partial charge on any atom is -0.462 e. The zero-order chi connectivity index (χ0) is 15.5. The maximum absolute atomic E-state index is 11.9. The Morgan fingerprint density at radius 1 is 1.40 bits per heavy atom. The average Bonchev–Trinajstić information content (AvgIpc) is 2.28. The topological polar surface area (TPSA) is 63.7 Å². The summed E-state index contributed by atoms with van der Waals surface area (Å²) in [4.78, 5) is 11.7. The van der Waals surface area contributed by atoms with Gasteiger partial charge in [-0.3, -0.25) is 9.10 Å². The van der Waals surface area contributed by atoms with Crippen LogP contribution in [0.3, 0.4) is 0 Å². The Morgan fingerprint density at radius 3 is 2.50 bits per heavy atom. The number of sulfonamides is 1. The summed E-state index contributed by atoms with van der Waals surface area (Å²) in [5.74, 6) is -0.607. The first-order chi connectivity index (χ1) is 9.12. The standard InChI is InChI=1S/C13H18ClNO4S/c1-9(2)19-13(16)8-15(20(4,17)18)12-7-5-6-11(14)10(12)3/h5-7,9H,8H2,1-4H3. The lowest BCUT2D eigenvalue weighted by Gasteiger charge is -2.24. The van der Waals surface area contributed by atoms with Crippen LogP contribution in [-0.4, -0.2) is 33.3 Å². The summed E-state index contributed by atoms with van der Waals surface area (Å²) in [6.45, 7) is 4.72. The SMILES string of the molecule is Cc1c(Cl)cccc1N(CC(=O)OC(C)C)S(C)(=O)=O. The van der Waals surface area contributed by atoms with Gasteiger partial charge in [0.05, 0.1) is 18.0 Å². The lowest BCUT2D eigenvalue weighted by molar-refractivity contribution is -0.145. The van der Waals surface area contributed by atoms with Crippen LogP contribution in [0.2, 0.25) is 5.02 Å². The van der Waals surface area contributed by atoms with Crippen molar-refractivity contribution in [3.8, 4) is 0 Å². The smallest absolute Gasteiger partial charge is 0.327 e. The van der Waals surface area contributed by atoms with Crippen LogP contribution in [0.15, 0.2) is 18.2 Å². The van der Waals surface area contributed by atoms with Crippen molar-refractivity contribution in [2.75, 3.05) is 17.1 Å². The number of hydrogen-bond donors (Lipinski definition) is 0. The molecule has 112 valence electrons. The third-order valence-electron chi connectivity index (χ3n) is 2.55. The molecule has 1 rings (SSSR count). The second kappa shape index (κ2) is 6.45. The first-order valence-electron chi connectivity index (χ1n) is 6.05. The summed E-state index contributed by atoms with van der Waals surface area (Å²) in [5.41, 5.74) is 0.970. The molecule has 0 atom stereocenters. The summed E-state index contributed by atoms with van der Waals surface area (Å²) in [6.07, 6.45) is 0.736. The van der Waals surface area contributed by atoms with E-state index < -0.39 is 16.0 Å². The molecular formula is C13H18ClNO4S. The number of rotatable bonds is 5. The number of benzene rings is 1. The highest BCUT2D eigenvalue weighted by atomic mass is 35.5. The molecule has 0 saturated heterocycles. The van der Waals surface area contributed by atoms with Gasteiger partial charge in [-0.2, -0.15) is 0 Å². The van der Waals surface area contributed by atoms with E-state index in [9.17, 15) is 13.2 Å². The summed E-state index contributed by atoms with van der Waals surface area (Å²) >= 11 is 5.99. The largest absolute Gasteiger partial charge is 0.462 e. The van der Waals surface area contributed by atoms with Crippen LogP contribution in [0.1, 0.15) is 19.4 Å². The van der Waals surface area contributed by atoms with Crippen molar-refractivity contribution in [3.05, 3.63) is 28.8 Å². The average molecular weight is 320 g/mol. The van der Waals surface area contributed by atoms with Crippen molar-refractivity contribution in [1.82, 2.24) is 0 Å². The normalized spacial score (nSPS) is 11.5. The Bertz CT molecular complexity index is 598. The zero-order valence-electron chi connectivity index (χ0n) is 11.9. The quantitative estimate of drug-likeness (QED) is 0.782. The van der Waals surface area contributed by atoms with Crippen LogP contribution in [0.25, 0.3) is 0 Å². The molecule has 0 heterocycles. The molecule has 0 bridgehead atoms. The van der Waals surface area contributed by atoms with E-state index in [2.05, 4.69) is 0 Å². The van der Waals surface area contributed by atoms with Gasteiger partial charge < -0.3 is 4.74 Å². The third-order valence-corrected chi connectivity index (χ3v) is 4.08. The third kappa shape index (κ3) is 4.38. The molecule has 0 radical (unpaired) electrons. The highest BCUT2D eigenvalue weighted by Gasteiger charge is 2.24. The van der Waals surface area contributed by atoms with E-state index in [-0.39, 0.29) is 12.6 Å². The molecule has 0 amide bonds. The summed E-state index contributed by atoms with van der Waals surface area (Å²) in [5, 5.41) is 0.438. The van der Waals surface area contributed by atoms with E-state index in [1.165, 1.54) is 0 Å².